The molecule has 0 radical (unpaired) electrons. The first-order chi connectivity index (χ1) is 8.44. The highest BCUT2D eigenvalue weighted by Gasteiger charge is 2.27. The second kappa shape index (κ2) is 7.49. The van der Waals surface area contributed by atoms with E-state index in [1.807, 2.05) is 0 Å². The maximum atomic E-state index is 6.16. The number of hydrogen-bond acceptors (Lipinski definition) is 2. The van der Waals surface area contributed by atoms with Gasteiger partial charge in [0.1, 0.15) is 0 Å². The van der Waals surface area contributed by atoms with Crippen LogP contribution < -0.4 is 5.32 Å². The highest BCUT2D eigenvalue weighted by molar-refractivity contribution is 4.77. The van der Waals surface area contributed by atoms with E-state index in [0.717, 1.165) is 31.5 Å². The smallest absolute Gasteiger partial charge is 0.0578 e. The minimum Gasteiger partial charge on any atom is -0.378 e. The second-order valence-corrected chi connectivity index (χ2v) is 7.04. The van der Waals surface area contributed by atoms with Crippen LogP contribution in [-0.4, -0.2) is 25.8 Å². The molecule has 0 amide bonds. The van der Waals surface area contributed by atoms with Gasteiger partial charge in [0.2, 0.25) is 0 Å². The first-order valence-corrected chi connectivity index (χ1v) is 7.77. The fourth-order valence-electron chi connectivity index (χ4n) is 2.65. The number of hydrogen-bond donors (Lipinski definition) is 1. The van der Waals surface area contributed by atoms with Crippen LogP contribution in [0.5, 0.6) is 0 Å². The van der Waals surface area contributed by atoms with Gasteiger partial charge in [-0.05, 0) is 44.1 Å². The van der Waals surface area contributed by atoms with Gasteiger partial charge in [0, 0.05) is 12.0 Å². The molecular formula is C16H33NO. The van der Waals surface area contributed by atoms with Crippen LogP contribution in [0.25, 0.3) is 0 Å². The van der Waals surface area contributed by atoms with Gasteiger partial charge in [-0.25, -0.2) is 0 Å². The highest BCUT2D eigenvalue weighted by Crippen LogP contribution is 2.31. The minimum absolute atomic E-state index is 0.251. The normalized spacial score (nSPS) is 29.5. The van der Waals surface area contributed by atoms with Gasteiger partial charge in [0.05, 0.1) is 12.7 Å². The van der Waals surface area contributed by atoms with Crippen molar-refractivity contribution in [2.45, 2.75) is 66.4 Å². The lowest BCUT2D eigenvalue weighted by Crippen LogP contribution is -2.36. The summed E-state index contributed by atoms with van der Waals surface area (Å²) in [5.41, 5.74) is 0.251. The molecule has 1 aliphatic carbocycles. The molecule has 3 unspecified atom stereocenters. The average molecular weight is 255 g/mol. The van der Waals surface area contributed by atoms with Crippen molar-refractivity contribution in [3.05, 3.63) is 0 Å². The Morgan fingerprint density at radius 3 is 2.50 bits per heavy atom. The average Bonchev–Trinajstić information content (AvgIpc) is 2.31. The standard InChI is InChI=1S/C16H33NO/c1-6-9-17-11-16(4,5)12-18-15-8-7-13(2)14(3)10-15/h13-15,17H,6-12H2,1-5H3. The van der Waals surface area contributed by atoms with Gasteiger partial charge in [-0.1, -0.05) is 34.6 Å². The molecular weight excluding hydrogens is 222 g/mol. The van der Waals surface area contributed by atoms with Gasteiger partial charge in [-0.3, -0.25) is 0 Å². The molecule has 2 nitrogen and oxygen atoms in total. The van der Waals surface area contributed by atoms with Crippen LogP contribution in [0.15, 0.2) is 0 Å². The molecule has 0 aromatic rings. The third-order valence-electron chi connectivity index (χ3n) is 4.29. The molecule has 1 N–H and O–H groups in total. The van der Waals surface area contributed by atoms with Crippen molar-refractivity contribution in [3.63, 3.8) is 0 Å². The Kier molecular flexibility index (Phi) is 6.65. The summed E-state index contributed by atoms with van der Waals surface area (Å²) in [4.78, 5) is 0. The Hall–Kier alpha value is -0.0800. The van der Waals surface area contributed by atoms with Crippen molar-refractivity contribution < 1.29 is 4.74 Å². The molecule has 1 saturated carbocycles. The van der Waals surface area contributed by atoms with E-state index in [-0.39, 0.29) is 5.41 Å². The van der Waals surface area contributed by atoms with E-state index in [2.05, 4.69) is 39.9 Å². The highest BCUT2D eigenvalue weighted by atomic mass is 16.5. The maximum Gasteiger partial charge on any atom is 0.0578 e. The molecule has 0 spiro atoms. The number of nitrogens with one attached hydrogen (secondary N) is 1. The van der Waals surface area contributed by atoms with Crippen LogP contribution in [0.1, 0.15) is 60.3 Å². The molecule has 18 heavy (non-hydrogen) atoms. The predicted octanol–water partition coefficient (Wildman–Crippen LogP) is 3.85. The lowest BCUT2D eigenvalue weighted by molar-refractivity contribution is -0.0322. The van der Waals surface area contributed by atoms with E-state index in [4.69, 9.17) is 4.74 Å². The molecule has 2 heteroatoms. The zero-order valence-electron chi connectivity index (χ0n) is 13.1. The quantitative estimate of drug-likeness (QED) is 0.698. The topological polar surface area (TPSA) is 21.3 Å². The summed E-state index contributed by atoms with van der Waals surface area (Å²) >= 11 is 0. The van der Waals surface area contributed by atoms with E-state index < -0.39 is 0 Å². The van der Waals surface area contributed by atoms with Gasteiger partial charge in [-0.2, -0.15) is 0 Å². The Labute approximate surface area is 114 Å². The molecule has 0 aromatic carbocycles. The van der Waals surface area contributed by atoms with Crippen molar-refractivity contribution in [2.75, 3.05) is 19.7 Å². The Bertz CT molecular complexity index is 227. The second-order valence-electron chi connectivity index (χ2n) is 7.04. The van der Waals surface area contributed by atoms with Crippen LogP contribution in [0.2, 0.25) is 0 Å². The molecule has 0 aliphatic heterocycles. The number of ether oxygens (including phenoxy) is 1. The predicted molar refractivity (Wildman–Crippen MR) is 78.9 cm³/mol. The summed E-state index contributed by atoms with van der Waals surface area (Å²) in [5.74, 6) is 1.70. The van der Waals surface area contributed by atoms with Gasteiger partial charge < -0.3 is 10.1 Å². The van der Waals surface area contributed by atoms with Crippen molar-refractivity contribution >= 4 is 0 Å². The third-order valence-corrected chi connectivity index (χ3v) is 4.29. The molecule has 108 valence electrons. The molecule has 0 bridgehead atoms. The zero-order valence-corrected chi connectivity index (χ0v) is 13.1. The minimum atomic E-state index is 0.251. The Balaban J connectivity index is 2.22. The maximum absolute atomic E-state index is 6.16. The molecule has 1 rings (SSSR count). The van der Waals surface area contributed by atoms with E-state index >= 15 is 0 Å². The first kappa shape index (κ1) is 16.0. The van der Waals surface area contributed by atoms with E-state index in [0.29, 0.717) is 6.10 Å². The first-order valence-electron chi connectivity index (χ1n) is 7.77. The van der Waals surface area contributed by atoms with Crippen molar-refractivity contribution in [1.82, 2.24) is 5.32 Å². The summed E-state index contributed by atoms with van der Waals surface area (Å²) < 4.78 is 6.16. The SMILES string of the molecule is CCCNCC(C)(C)COC1CCC(C)C(C)C1. The Morgan fingerprint density at radius 1 is 1.17 bits per heavy atom. The summed E-state index contributed by atoms with van der Waals surface area (Å²) in [5, 5.41) is 3.50. The summed E-state index contributed by atoms with van der Waals surface area (Å²) in [6.45, 7) is 14.6. The molecule has 3 atom stereocenters. The molecule has 1 fully saturated rings. The fourth-order valence-corrected chi connectivity index (χ4v) is 2.65. The van der Waals surface area contributed by atoms with Crippen LogP contribution in [-0.2, 0) is 4.74 Å². The van der Waals surface area contributed by atoms with Crippen LogP contribution in [0, 0.1) is 17.3 Å². The lowest BCUT2D eigenvalue weighted by Gasteiger charge is -2.34. The molecule has 0 aromatic heterocycles. The summed E-state index contributed by atoms with van der Waals surface area (Å²) in [6.07, 6.45) is 5.54. The summed E-state index contributed by atoms with van der Waals surface area (Å²) in [7, 11) is 0. The van der Waals surface area contributed by atoms with Gasteiger partial charge >= 0.3 is 0 Å². The Morgan fingerprint density at radius 2 is 1.89 bits per heavy atom. The summed E-state index contributed by atoms with van der Waals surface area (Å²) in [6, 6.07) is 0. The van der Waals surface area contributed by atoms with Crippen molar-refractivity contribution in [3.8, 4) is 0 Å². The van der Waals surface area contributed by atoms with Crippen LogP contribution in [0.4, 0.5) is 0 Å². The van der Waals surface area contributed by atoms with E-state index in [1.54, 1.807) is 0 Å². The van der Waals surface area contributed by atoms with Gasteiger partial charge in [0.25, 0.3) is 0 Å². The van der Waals surface area contributed by atoms with E-state index in [1.165, 1.54) is 25.7 Å². The monoisotopic (exact) mass is 255 g/mol. The lowest BCUT2D eigenvalue weighted by atomic mass is 9.80. The van der Waals surface area contributed by atoms with Gasteiger partial charge in [-0.15, -0.1) is 0 Å². The molecule has 0 heterocycles. The van der Waals surface area contributed by atoms with Gasteiger partial charge in [0.15, 0.2) is 0 Å². The largest absolute Gasteiger partial charge is 0.378 e. The van der Waals surface area contributed by atoms with Crippen molar-refractivity contribution in [2.24, 2.45) is 17.3 Å². The van der Waals surface area contributed by atoms with Crippen molar-refractivity contribution in [1.29, 1.82) is 0 Å². The van der Waals surface area contributed by atoms with Crippen LogP contribution in [0.3, 0.4) is 0 Å². The zero-order chi connectivity index (χ0) is 13.6. The van der Waals surface area contributed by atoms with Crippen LogP contribution >= 0.6 is 0 Å². The number of rotatable bonds is 7. The van der Waals surface area contributed by atoms with E-state index in [9.17, 15) is 0 Å². The molecule has 0 saturated heterocycles. The molecule has 1 aliphatic rings. The fraction of sp³-hybridized carbons (Fsp3) is 1.00. The third kappa shape index (κ3) is 5.71.